The van der Waals surface area contributed by atoms with E-state index in [1.165, 1.54) is 6.42 Å². The van der Waals surface area contributed by atoms with Crippen LogP contribution < -0.4 is 0 Å². The molecule has 0 heterocycles. The Hall–Kier alpha value is -0.530. The first-order valence-electron chi connectivity index (χ1n) is 4.24. The van der Waals surface area contributed by atoms with Crippen molar-refractivity contribution in [3.05, 3.63) is 6.42 Å². The van der Waals surface area contributed by atoms with Crippen molar-refractivity contribution >= 4 is 5.97 Å². The molecule has 1 atom stereocenters. The second-order valence-corrected chi connectivity index (χ2v) is 3.10. The second kappa shape index (κ2) is 3.74. The van der Waals surface area contributed by atoms with E-state index >= 15 is 0 Å². The van der Waals surface area contributed by atoms with Crippen molar-refractivity contribution < 1.29 is 9.53 Å². The molecular weight excluding hydrogens is 140 g/mol. The van der Waals surface area contributed by atoms with Gasteiger partial charge in [0.1, 0.15) is 6.10 Å². The lowest BCUT2D eigenvalue weighted by atomic mass is 9.86. The highest BCUT2D eigenvalue weighted by molar-refractivity contribution is 5.73. The van der Waals surface area contributed by atoms with E-state index in [1.54, 1.807) is 0 Å². The van der Waals surface area contributed by atoms with Crippen LogP contribution in [0.5, 0.6) is 0 Å². The molecule has 0 unspecified atom stereocenters. The van der Waals surface area contributed by atoms with Crippen molar-refractivity contribution in [2.24, 2.45) is 5.92 Å². The van der Waals surface area contributed by atoms with Crippen molar-refractivity contribution in [3.63, 3.8) is 0 Å². The van der Waals surface area contributed by atoms with Gasteiger partial charge >= 0.3 is 5.97 Å². The molecule has 0 N–H and O–H groups in total. The van der Waals surface area contributed by atoms with E-state index in [0.29, 0.717) is 0 Å². The first-order chi connectivity index (χ1) is 5.24. The predicted molar refractivity (Wildman–Crippen MR) is 42.9 cm³/mol. The first kappa shape index (κ1) is 8.57. The quantitative estimate of drug-likeness (QED) is 0.582. The summed E-state index contributed by atoms with van der Waals surface area (Å²) in [5, 5.41) is 0. The molecule has 1 aliphatic rings. The molecule has 0 aromatic carbocycles. The molecule has 0 aromatic heterocycles. The van der Waals surface area contributed by atoms with E-state index in [9.17, 15) is 4.79 Å². The molecule has 0 saturated heterocycles. The average molecular weight is 155 g/mol. The fraction of sp³-hybridized carbons (Fsp3) is 0.778. The molecule has 0 aromatic rings. The third-order valence-corrected chi connectivity index (χ3v) is 2.21. The first-order valence-corrected chi connectivity index (χ1v) is 4.24. The normalized spacial score (nSPS) is 20.5. The summed E-state index contributed by atoms with van der Waals surface area (Å²) in [4.78, 5) is 11.2. The van der Waals surface area contributed by atoms with Crippen molar-refractivity contribution in [1.29, 1.82) is 0 Å². The van der Waals surface area contributed by atoms with E-state index in [4.69, 9.17) is 4.74 Å². The van der Waals surface area contributed by atoms with Gasteiger partial charge in [-0.25, -0.2) is 0 Å². The van der Waals surface area contributed by atoms with Gasteiger partial charge in [-0.05, 0) is 26.2 Å². The van der Waals surface area contributed by atoms with Gasteiger partial charge in [0, 0.05) is 0 Å². The maximum Gasteiger partial charge on any atom is 0.309 e. The van der Waals surface area contributed by atoms with Crippen LogP contribution in [0.3, 0.4) is 0 Å². The topological polar surface area (TPSA) is 26.3 Å². The number of esters is 1. The lowest BCUT2D eigenvalue weighted by Crippen LogP contribution is -2.27. The number of hydrogen-bond donors (Lipinski definition) is 0. The van der Waals surface area contributed by atoms with E-state index < -0.39 is 0 Å². The molecule has 1 aliphatic carbocycles. The molecule has 1 radical (unpaired) electrons. The molecule has 1 saturated carbocycles. The summed E-state index contributed by atoms with van der Waals surface area (Å²) in [6.07, 6.45) is 5.09. The minimum Gasteiger partial charge on any atom is -0.462 e. The van der Waals surface area contributed by atoms with E-state index in [-0.39, 0.29) is 18.0 Å². The van der Waals surface area contributed by atoms with Gasteiger partial charge in [-0.3, -0.25) is 4.79 Å². The van der Waals surface area contributed by atoms with Crippen molar-refractivity contribution in [3.8, 4) is 0 Å². The summed E-state index contributed by atoms with van der Waals surface area (Å²) in [6.45, 7) is 3.79. The Morgan fingerprint density at radius 1 is 1.64 bits per heavy atom. The van der Waals surface area contributed by atoms with Crippen molar-refractivity contribution in [2.45, 2.75) is 39.2 Å². The van der Waals surface area contributed by atoms with Crippen molar-refractivity contribution in [2.75, 3.05) is 0 Å². The number of ether oxygens (including phenoxy) is 1. The highest BCUT2D eigenvalue weighted by Crippen LogP contribution is 2.27. The van der Waals surface area contributed by atoms with Gasteiger partial charge in [0.2, 0.25) is 0 Å². The highest BCUT2D eigenvalue weighted by atomic mass is 16.5. The number of carbonyl (C=O) groups is 1. The van der Waals surface area contributed by atoms with Gasteiger partial charge < -0.3 is 4.74 Å². The van der Waals surface area contributed by atoms with Crippen LogP contribution in [0.4, 0.5) is 0 Å². The van der Waals surface area contributed by atoms with E-state index in [1.807, 2.05) is 20.3 Å². The number of rotatable bonds is 3. The van der Waals surface area contributed by atoms with Crippen molar-refractivity contribution in [1.82, 2.24) is 0 Å². The van der Waals surface area contributed by atoms with Gasteiger partial charge in [-0.2, -0.15) is 0 Å². The standard InChI is InChI=1S/C9H15O2/c1-3-7(2)11-9(10)8-5-4-6-8/h3,7-8H,4-6H2,1-2H3/t7-/m1/s1. The van der Waals surface area contributed by atoms with Gasteiger partial charge in [-0.15, -0.1) is 0 Å². The zero-order valence-corrected chi connectivity index (χ0v) is 7.17. The van der Waals surface area contributed by atoms with E-state index in [2.05, 4.69) is 0 Å². The average Bonchev–Trinajstić information content (AvgIpc) is 1.83. The van der Waals surface area contributed by atoms with Gasteiger partial charge in [0.05, 0.1) is 5.92 Å². The molecule has 0 bridgehead atoms. The van der Waals surface area contributed by atoms with Crippen LogP contribution in [0.2, 0.25) is 0 Å². The second-order valence-electron chi connectivity index (χ2n) is 3.10. The van der Waals surface area contributed by atoms with Crippen LogP contribution in [0.1, 0.15) is 33.1 Å². The molecule has 1 fully saturated rings. The summed E-state index contributed by atoms with van der Waals surface area (Å²) in [5.41, 5.74) is 0. The number of hydrogen-bond acceptors (Lipinski definition) is 2. The smallest absolute Gasteiger partial charge is 0.309 e. The molecule has 0 aliphatic heterocycles. The van der Waals surface area contributed by atoms with Crippen LogP contribution in [0.25, 0.3) is 0 Å². The Balaban J connectivity index is 2.19. The molecule has 2 nitrogen and oxygen atoms in total. The molecule has 63 valence electrons. The maximum atomic E-state index is 11.2. The molecule has 11 heavy (non-hydrogen) atoms. The molecule has 0 spiro atoms. The van der Waals surface area contributed by atoms with Crippen LogP contribution in [0, 0.1) is 12.3 Å². The Morgan fingerprint density at radius 2 is 2.27 bits per heavy atom. The lowest BCUT2D eigenvalue weighted by molar-refractivity contribution is -0.154. The van der Waals surface area contributed by atoms with Gasteiger partial charge in [0.25, 0.3) is 0 Å². The SMILES string of the molecule is C[CH][C@@H](C)OC(=O)C1CCC1. The van der Waals surface area contributed by atoms with Gasteiger partial charge in [-0.1, -0.05) is 13.3 Å². The van der Waals surface area contributed by atoms with Gasteiger partial charge in [0.15, 0.2) is 0 Å². The van der Waals surface area contributed by atoms with Crippen LogP contribution in [-0.2, 0) is 9.53 Å². The Labute approximate surface area is 67.9 Å². The van der Waals surface area contributed by atoms with Crippen LogP contribution >= 0.6 is 0 Å². The zero-order valence-electron chi connectivity index (χ0n) is 7.17. The summed E-state index contributed by atoms with van der Waals surface area (Å²) < 4.78 is 5.11. The summed E-state index contributed by atoms with van der Waals surface area (Å²) in [7, 11) is 0. The minimum atomic E-state index is -0.0249. The Kier molecular flexibility index (Phi) is 2.92. The Morgan fingerprint density at radius 3 is 2.64 bits per heavy atom. The molecule has 1 rings (SSSR count). The zero-order chi connectivity index (χ0) is 8.27. The minimum absolute atomic E-state index is 0.0122. The summed E-state index contributed by atoms with van der Waals surface area (Å²) >= 11 is 0. The lowest BCUT2D eigenvalue weighted by Gasteiger charge is -2.24. The molecular formula is C9H15O2. The monoisotopic (exact) mass is 155 g/mol. The maximum absolute atomic E-state index is 11.2. The highest BCUT2D eigenvalue weighted by Gasteiger charge is 2.27. The third-order valence-electron chi connectivity index (χ3n) is 2.21. The Bertz CT molecular complexity index is 138. The fourth-order valence-corrected chi connectivity index (χ4v) is 0.991. The molecule has 0 amide bonds. The summed E-state index contributed by atoms with van der Waals surface area (Å²) in [5.74, 6) is 0.194. The summed E-state index contributed by atoms with van der Waals surface area (Å²) in [6, 6.07) is 0. The van der Waals surface area contributed by atoms with Crippen LogP contribution in [-0.4, -0.2) is 12.1 Å². The predicted octanol–water partition coefficient (Wildman–Crippen LogP) is 1.94. The third kappa shape index (κ3) is 2.21. The molecule has 2 heteroatoms. The number of carbonyl (C=O) groups excluding carboxylic acids is 1. The fourth-order valence-electron chi connectivity index (χ4n) is 0.991. The largest absolute Gasteiger partial charge is 0.462 e. The van der Waals surface area contributed by atoms with E-state index in [0.717, 1.165) is 12.8 Å². The van der Waals surface area contributed by atoms with Crippen LogP contribution in [0.15, 0.2) is 0 Å².